The van der Waals surface area contributed by atoms with Crippen molar-refractivity contribution >= 4 is 0 Å². The Hall–Kier alpha value is -1.29. The summed E-state index contributed by atoms with van der Waals surface area (Å²) in [5.74, 6) is -0.0741. The van der Waals surface area contributed by atoms with Crippen molar-refractivity contribution in [2.75, 3.05) is 0 Å². The largest absolute Gasteiger partial charge is 0.206 e. The van der Waals surface area contributed by atoms with E-state index in [0.29, 0.717) is 0 Å². The van der Waals surface area contributed by atoms with E-state index in [-0.39, 0.29) is 5.82 Å². The molecule has 0 saturated carbocycles. The van der Waals surface area contributed by atoms with Crippen LogP contribution in [0.3, 0.4) is 0 Å². The van der Waals surface area contributed by atoms with E-state index in [1.807, 2.05) is 6.07 Å². The highest BCUT2D eigenvalue weighted by atomic mass is 19.1. The Balaban J connectivity index is 0.000000186. The van der Waals surface area contributed by atoms with Crippen LogP contribution in [0.2, 0.25) is 0 Å². The summed E-state index contributed by atoms with van der Waals surface area (Å²) in [7, 11) is 0. The Bertz CT molecular complexity index is 248. The maximum atomic E-state index is 12.1. The Kier molecular flexibility index (Phi) is 1.24. The minimum atomic E-state index is -0.0741. The fourth-order valence-electron chi connectivity index (χ4n) is 0.717. The minimum Gasteiger partial charge on any atom is -0.206 e. The Labute approximate surface area is 53.3 Å². The molecule has 9 heavy (non-hydrogen) atoms. The third-order valence-corrected chi connectivity index (χ3v) is 1.19. The smallest absolute Gasteiger partial charge is 0.131 e. The van der Waals surface area contributed by atoms with Crippen molar-refractivity contribution in [3.8, 4) is 24.0 Å². The lowest BCUT2D eigenvalue weighted by Gasteiger charge is -1.66. The molecule has 0 heterocycles. The molecule has 0 fully saturated rings. The number of halogens is 1. The normalized spacial score (nSPS) is 9.22. The van der Waals surface area contributed by atoms with E-state index >= 15 is 0 Å². The van der Waals surface area contributed by atoms with Crippen LogP contribution in [0.5, 0.6) is 0 Å². The molecule has 2 aliphatic carbocycles. The molecule has 1 heteroatoms. The fraction of sp³-hybridized carbons (Fsp3) is 0. The van der Waals surface area contributed by atoms with Crippen molar-refractivity contribution in [2.24, 2.45) is 0 Å². The van der Waals surface area contributed by atoms with Crippen molar-refractivity contribution in [3.63, 3.8) is 0 Å². The summed E-state index contributed by atoms with van der Waals surface area (Å²) in [6.07, 6.45) is 8.00. The van der Waals surface area contributed by atoms with Gasteiger partial charge in [-0.25, -0.2) is 4.39 Å². The third-order valence-electron chi connectivity index (χ3n) is 1.19. The number of hydrogen-bond acceptors (Lipinski definition) is 0. The molecule has 0 unspecified atom stereocenters. The van der Waals surface area contributed by atoms with Gasteiger partial charge >= 0.3 is 0 Å². The minimum absolute atomic E-state index is 0.0741. The topological polar surface area (TPSA) is 0 Å². The number of rotatable bonds is 0. The second kappa shape index (κ2) is 1.91. The summed E-state index contributed by atoms with van der Waals surface area (Å²) in [6.45, 7) is 0. The van der Waals surface area contributed by atoms with Crippen LogP contribution < -0.4 is 0 Å². The molecule has 0 aliphatic heterocycles. The van der Waals surface area contributed by atoms with E-state index in [0.717, 1.165) is 11.1 Å². The van der Waals surface area contributed by atoms with Crippen LogP contribution in [0.15, 0.2) is 18.2 Å². The number of hydrogen-bond donors (Lipinski definition) is 0. The van der Waals surface area contributed by atoms with Gasteiger partial charge in [-0.2, -0.15) is 0 Å². The van der Waals surface area contributed by atoms with Gasteiger partial charge in [0, 0.05) is 5.56 Å². The summed E-state index contributed by atoms with van der Waals surface area (Å²) < 4.78 is 12.1. The maximum absolute atomic E-state index is 12.1. The standard InChI is InChI=1S/C6H3F.C2H2/c7-6-2-1-4-3-5(4)6;1-2/h1-3H;1-2H. The van der Waals surface area contributed by atoms with Gasteiger partial charge in [0.1, 0.15) is 5.82 Å². The van der Waals surface area contributed by atoms with Gasteiger partial charge in [-0.15, -0.1) is 12.8 Å². The molecular formula is C8H5F. The average Bonchev–Trinajstić information content (AvgIpc) is 2.61. The first-order chi connectivity index (χ1) is 4.38. The Morgan fingerprint density at radius 2 is 1.89 bits per heavy atom. The van der Waals surface area contributed by atoms with Crippen LogP contribution in [0.25, 0.3) is 11.1 Å². The predicted molar refractivity (Wildman–Crippen MR) is 35.3 cm³/mol. The van der Waals surface area contributed by atoms with Crippen LogP contribution in [-0.2, 0) is 0 Å². The summed E-state index contributed by atoms with van der Waals surface area (Å²) in [6, 6.07) is 5.10. The van der Waals surface area contributed by atoms with E-state index in [1.165, 1.54) is 6.07 Å². The zero-order chi connectivity index (χ0) is 6.85. The monoisotopic (exact) mass is 120 g/mol. The first kappa shape index (κ1) is 5.84. The van der Waals surface area contributed by atoms with Gasteiger partial charge in [0.2, 0.25) is 0 Å². The van der Waals surface area contributed by atoms with E-state index in [1.54, 1.807) is 6.07 Å². The molecule has 0 aromatic rings. The van der Waals surface area contributed by atoms with Crippen LogP contribution in [0, 0.1) is 18.7 Å². The second-order valence-electron chi connectivity index (χ2n) is 1.69. The quantitative estimate of drug-likeness (QED) is 0.467. The molecule has 44 valence electrons. The number of fused-ring (bicyclic) bond motifs is 1. The van der Waals surface area contributed by atoms with Crippen molar-refractivity contribution in [1.29, 1.82) is 0 Å². The van der Waals surface area contributed by atoms with Gasteiger partial charge in [0.05, 0.1) is 0 Å². The van der Waals surface area contributed by atoms with Crippen molar-refractivity contribution in [1.82, 2.24) is 0 Å². The van der Waals surface area contributed by atoms with E-state index in [4.69, 9.17) is 0 Å². The lowest BCUT2D eigenvalue weighted by Crippen LogP contribution is -1.52. The fourth-order valence-corrected chi connectivity index (χ4v) is 0.717. The molecule has 0 atom stereocenters. The predicted octanol–water partition coefficient (Wildman–Crippen LogP) is 2.06. The number of terminal acetylenes is 1. The third kappa shape index (κ3) is 0.792. The summed E-state index contributed by atoms with van der Waals surface area (Å²) in [4.78, 5) is 0. The van der Waals surface area contributed by atoms with Gasteiger partial charge < -0.3 is 0 Å². The summed E-state index contributed by atoms with van der Waals surface area (Å²) >= 11 is 0. The van der Waals surface area contributed by atoms with Crippen LogP contribution in [0.4, 0.5) is 4.39 Å². The molecule has 2 aliphatic rings. The molecule has 0 bridgehead atoms. The van der Waals surface area contributed by atoms with Crippen LogP contribution in [0.1, 0.15) is 0 Å². The molecule has 0 saturated heterocycles. The molecule has 0 aromatic carbocycles. The van der Waals surface area contributed by atoms with Crippen molar-refractivity contribution in [3.05, 3.63) is 24.0 Å². The molecule has 0 radical (unpaired) electrons. The number of benzene rings is 1. The molecule has 0 nitrogen and oxygen atoms in total. The Morgan fingerprint density at radius 3 is 2.00 bits per heavy atom. The lowest BCUT2D eigenvalue weighted by atomic mass is 10.5. The van der Waals surface area contributed by atoms with Gasteiger partial charge in [0.25, 0.3) is 0 Å². The molecule has 2 rings (SSSR count). The molecule has 0 aromatic heterocycles. The lowest BCUT2D eigenvalue weighted by molar-refractivity contribution is 0.637. The SMILES string of the molecule is C#C.Fc1ccc2cc1-2. The second-order valence-corrected chi connectivity index (χ2v) is 1.69. The van der Waals surface area contributed by atoms with E-state index < -0.39 is 0 Å². The zero-order valence-electron chi connectivity index (χ0n) is 4.76. The van der Waals surface area contributed by atoms with E-state index in [2.05, 4.69) is 12.8 Å². The highest BCUT2D eigenvalue weighted by molar-refractivity contribution is 5.81. The van der Waals surface area contributed by atoms with Crippen molar-refractivity contribution in [2.45, 2.75) is 0 Å². The molecule has 0 N–H and O–H groups in total. The highest BCUT2D eigenvalue weighted by Gasteiger charge is 2.15. The van der Waals surface area contributed by atoms with Crippen molar-refractivity contribution < 1.29 is 4.39 Å². The Morgan fingerprint density at radius 1 is 1.22 bits per heavy atom. The van der Waals surface area contributed by atoms with Crippen LogP contribution >= 0.6 is 0 Å². The zero-order valence-corrected chi connectivity index (χ0v) is 4.76. The molecule has 0 spiro atoms. The van der Waals surface area contributed by atoms with Gasteiger partial charge in [-0.1, -0.05) is 6.07 Å². The average molecular weight is 120 g/mol. The maximum Gasteiger partial charge on any atom is 0.131 e. The summed E-state index contributed by atoms with van der Waals surface area (Å²) in [5, 5.41) is 0. The van der Waals surface area contributed by atoms with E-state index in [9.17, 15) is 4.39 Å². The first-order valence-corrected chi connectivity index (χ1v) is 2.51. The van der Waals surface area contributed by atoms with Gasteiger partial charge in [-0.3, -0.25) is 0 Å². The first-order valence-electron chi connectivity index (χ1n) is 2.51. The highest BCUT2D eigenvalue weighted by Crippen LogP contribution is 2.36. The van der Waals surface area contributed by atoms with Gasteiger partial charge in [0.15, 0.2) is 0 Å². The van der Waals surface area contributed by atoms with Gasteiger partial charge in [-0.05, 0) is 17.7 Å². The van der Waals surface area contributed by atoms with Crippen LogP contribution in [-0.4, -0.2) is 0 Å². The molecule has 0 amide bonds. The summed E-state index contributed by atoms with van der Waals surface area (Å²) in [5.41, 5.74) is 1.87. The molecular weight excluding hydrogens is 115 g/mol.